The fraction of sp³-hybridized carbons (Fsp3) is 0.308. The molecule has 1 fully saturated rings. The Hall–Kier alpha value is -1.87. The Morgan fingerprint density at radius 3 is 3.05 bits per heavy atom. The van der Waals surface area contributed by atoms with E-state index in [0.29, 0.717) is 23.1 Å². The second-order valence-electron chi connectivity index (χ2n) is 4.36. The van der Waals surface area contributed by atoms with Crippen LogP contribution in [0.15, 0.2) is 27.2 Å². The minimum atomic E-state index is 0.177. The van der Waals surface area contributed by atoms with Gasteiger partial charge in [0.15, 0.2) is 12.4 Å². The largest absolute Gasteiger partial charge is 0.482 e. The molecule has 0 spiro atoms. The van der Waals surface area contributed by atoms with Crippen LogP contribution >= 0.6 is 15.9 Å². The highest BCUT2D eigenvalue weighted by atomic mass is 79.9. The van der Waals surface area contributed by atoms with Gasteiger partial charge in [0.25, 0.3) is 5.89 Å². The van der Waals surface area contributed by atoms with E-state index in [1.165, 1.54) is 0 Å². The lowest BCUT2D eigenvalue weighted by Gasteiger charge is -2.05. The summed E-state index contributed by atoms with van der Waals surface area (Å²) in [5, 5.41) is 12.9. The second-order valence-corrected chi connectivity index (χ2v) is 5.28. The van der Waals surface area contributed by atoms with Crippen LogP contribution in [0.4, 0.5) is 0 Å². The molecule has 1 heterocycles. The summed E-state index contributed by atoms with van der Waals surface area (Å²) in [5.41, 5.74) is 0.469. The third kappa shape index (κ3) is 2.76. The molecule has 3 rings (SSSR count). The van der Waals surface area contributed by atoms with Crippen LogP contribution < -0.4 is 4.74 Å². The number of aromatic nitrogens is 2. The van der Waals surface area contributed by atoms with Gasteiger partial charge >= 0.3 is 0 Å². The molecule has 0 radical (unpaired) electrons. The van der Waals surface area contributed by atoms with Gasteiger partial charge in [0.2, 0.25) is 0 Å². The highest BCUT2D eigenvalue weighted by molar-refractivity contribution is 9.10. The standard InChI is InChI=1S/C13H10BrN3O2/c14-10-3-4-11(9(5-10)6-15)18-7-12-16-13(17-19-12)8-1-2-8/h3-5,8H,1-2,7H2. The maximum absolute atomic E-state index is 9.02. The highest BCUT2D eigenvalue weighted by Crippen LogP contribution is 2.38. The smallest absolute Gasteiger partial charge is 0.264 e. The van der Waals surface area contributed by atoms with Crippen molar-refractivity contribution in [3.63, 3.8) is 0 Å². The SMILES string of the molecule is N#Cc1cc(Br)ccc1OCc1nc(C2CC2)no1. The molecule has 0 bridgehead atoms. The number of nitrogens with zero attached hydrogens (tertiary/aromatic N) is 3. The molecule has 2 aromatic rings. The summed E-state index contributed by atoms with van der Waals surface area (Å²) in [4.78, 5) is 4.27. The molecule has 1 saturated carbocycles. The molecule has 0 saturated heterocycles. The van der Waals surface area contributed by atoms with Gasteiger partial charge in [-0.15, -0.1) is 0 Å². The average molecular weight is 320 g/mol. The van der Waals surface area contributed by atoms with Crippen LogP contribution in [0.2, 0.25) is 0 Å². The fourth-order valence-corrected chi connectivity index (χ4v) is 2.05. The van der Waals surface area contributed by atoms with Gasteiger partial charge < -0.3 is 9.26 Å². The number of nitriles is 1. The zero-order valence-electron chi connectivity index (χ0n) is 9.97. The van der Waals surface area contributed by atoms with Crippen LogP contribution in [0.1, 0.15) is 36.0 Å². The summed E-state index contributed by atoms with van der Waals surface area (Å²) >= 11 is 3.31. The maximum atomic E-state index is 9.02. The van der Waals surface area contributed by atoms with E-state index in [1.807, 2.05) is 6.07 Å². The molecule has 0 atom stereocenters. The van der Waals surface area contributed by atoms with Crippen molar-refractivity contribution in [2.24, 2.45) is 0 Å². The molecular weight excluding hydrogens is 310 g/mol. The fourth-order valence-electron chi connectivity index (χ4n) is 1.69. The van der Waals surface area contributed by atoms with Crippen molar-refractivity contribution in [2.75, 3.05) is 0 Å². The predicted molar refractivity (Wildman–Crippen MR) is 69.5 cm³/mol. The van der Waals surface area contributed by atoms with E-state index in [0.717, 1.165) is 23.1 Å². The Balaban J connectivity index is 1.69. The van der Waals surface area contributed by atoms with Crippen LogP contribution in [-0.2, 0) is 6.61 Å². The third-order valence-corrected chi connectivity index (χ3v) is 3.33. The monoisotopic (exact) mass is 319 g/mol. The number of hydrogen-bond donors (Lipinski definition) is 0. The van der Waals surface area contributed by atoms with Crippen molar-refractivity contribution in [3.05, 3.63) is 40.0 Å². The molecular formula is C13H10BrN3O2. The first-order valence-electron chi connectivity index (χ1n) is 5.91. The summed E-state index contributed by atoms with van der Waals surface area (Å²) in [7, 11) is 0. The topological polar surface area (TPSA) is 71.9 Å². The number of ether oxygens (including phenoxy) is 1. The van der Waals surface area contributed by atoms with Gasteiger partial charge in [-0.3, -0.25) is 0 Å². The summed E-state index contributed by atoms with van der Waals surface area (Å²) < 4.78 is 11.5. The van der Waals surface area contributed by atoms with Gasteiger partial charge in [-0.2, -0.15) is 10.2 Å². The first kappa shape index (κ1) is 12.2. The maximum Gasteiger partial charge on any atom is 0.264 e. The number of benzene rings is 1. The van der Waals surface area contributed by atoms with Gasteiger partial charge in [-0.1, -0.05) is 21.1 Å². The van der Waals surface area contributed by atoms with Crippen LogP contribution in [0.5, 0.6) is 5.75 Å². The van der Waals surface area contributed by atoms with E-state index in [9.17, 15) is 0 Å². The highest BCUT2D eigenvalue weighted by Gasteiger charge is 2.28. The van der Waals surface area contributed by atoms with Gasteiger partial charge in [0.05, 0.1) is 5.56 Å². The van der Waals surface area contributed by atoms with Crippen molar-refractivity contribution >= 4 is 15.9 Å². The molecule has 1 aliphatic carbocycles. The quantitative estimate of drug-likeness (QED) is 0.865. The third-order valence-electron chi connectivity index (χ3n) is 2.84. The van der Waals surface area contributed by atoms with Crippen LogP contribution in [0.3, 0.4) is 0 Å². The lowest BCUT2D eigenvalue weighted by Crippen LogP contribution is -1.98. The van der Waals surface area contributed by atoms with E-state index in [2.05, 4.69) is 32.1 Å². The molecule has 1 aromatic carbocycles. The Labute approximate surface area is 118 Å². The molecule has 1 aromatic heterocycles. The van der Waals surface area contributed by atoms with Gasteiger partial charge in [-0.05, 0) is 31.0 Å². The zero-order chi connectivity index (χ0) is 13.2. The van der Waals surface area contributed by atoms with Gasteiger partial charge in [0.1, 0.15) is 11.8 Å². The van der Waals surface area contributed by atoms with Crippen molar-refractivity contribution in [1.29, 1.82) is 5.26 Å². The molecule has 0 aliphatic heterocycles. The Bertz CT molecular complexity index is 644. The van der Waals surface area contributed by atoms with E-state index in [4.69, 9.17) is 14.5 Å². The zero-order valence-corrected chi connectivity index (χ0v) is 11.6. The molecule has 0 amide bonds. The average Bonchev–Trinajstić information content (AvgIpc) is 3.17. The van der Waals surface area contributed by atoms with Gasteiger partial charge in [0, 0.05) is 10.4 Å². The molecule has 1 aliphatic rings. The van der Waals surface area contributed by atoms with E-state index >= 15 is 0 Å². The number of rotatable bonds is 4. The summed E-state index contributed by atoms with van der Waals surface area (Å²) in [6.07, 6.45) is 2.26. The molecule has 96 valence electrons. The van der Waals surface area contributed by atoms with Crippen LogP contribution in [0.25, 0.3) is 0 Å². The summed E-state index contributed by atoms with van der Waals surface area (Å²) in [6, 6.07) is 7.35. The Morgan fingerprint density at radius 1 is 1.47 bits per heavy atom. The van der Waals surface area contributed by atoms with Crippen molar-refractivity contribution in [3.8, 4) is 11.8 Å². The normalized spacial score (nSPS) is 14.1. The second kappa shape index (κ2) is 5.02. The molecule has 6 heteroatoms. The first-order valence-corrected chi connectivity index (χ1v) is 6.70. The minimum absolute atomic E-state index is 0.177. The van der Waals surface area contributed by atoms with Crippen molar-refractivity contribution < 1.29 is 9.26 Å². The van der Waals surface area contributed by atoms with Crippen LogP contribution in [0, 0.1) is 11.3 Å². The summed E-state index contributed by atoms with van der Waals surface area (Å²) in [5.74, 6) is 2.17. The first-order chi connectivity index (χ1) is 9.26. The molecule has 0 N–H and O–H groups in total. The lowest BCUT2D eigenvalue weighted by molar-refractivity contribution is 0.242. The van der Waals surface area contributed by atoms with Gasteiger partial charge in [-0.25, -0.2) is 0 Å². The number of hydrogen-bond acceptors (Lipinski definition) is 5. The Morgan fingerprint density at radius 2 is 2.32 bits per heavy atom. The molecule has 19 heavy (non-hydrogen) atoms. The van der Waals surface area contributed by atoms with E-state index in [1.54, 1.807) is 12.1 Å². The Kier molecular flexibility index (Phi) is 3.22. The van der Waals surface area contributed by atoms with E-state index < -0.39 is 0 Å². The lowest BCUT2D eigenvalue weighted by atomic mass is 10.2. The predicted octanol–water partition coefficient (Wildman–Crippen LogP) is 3.16. The summed E-state index contributed by atoms with van der Waals surface area (Å²) in [6.45, 7) is 0.177. The van der Waals surface area contributed by atoms with Crippen molar-refractivity contribution in [2.45, 2.75) is 25.4 Å². The minimum Gasteiger partial charge on any atom is -0.482 e. The molecule has 5 nitrogen and oxygen atoms in total. The van der Waals surface area contributed by atoms with Crippen molar-refractivity contribution in [1.82, 2.24) is 10.1 Å². The van der Waals surface area contributed by atoms with E-state index in [-0.39, 0.29) is 6.61 Å². The number of halogens is 1. The van der Waals surface area contributed by atoms with Crippen LogP contribution in [-0.4, -0.2) is 10.1 Å². The molecule has 0 unspecified atom stereocenters.